The van der Waals surface area contributed by atoms with Gasteiger partial charge in [0.2, 0.25) is 0 Å². The van der Waals surface area contributed by atoms with Crippen molar-refractivity contribution in [3.63, 3.8) is 0 Å². The van der Waals surface area contributed by atoms with Gasteiger partial charge >= 0.3 is 0 Å². The van der Waals surface area contributed by atoms with Crippen LogP contribution >= 0.6 is 0 Å². The number of fused-ring (bicyclic) bond motifs is 1. The van der Waals surface area contributed by atoms with E-state index >= 15 is 0 Å². The van der Waals surface area contributed by atoms with E-state index in [0.717, 1.165) is 32.1 Å². The smallest absolute Gasteiger partial charge is 0.139 e. The number of ketones is 1. The molecule has 0 heterocycles. The van der Waals surface area contributed by atoms with Crippen molar-refractivity contribution in [1.82, 2.24) is 0 Å². The minimum Gasteiger partial charge on any atom is -0.392 e. The minimum absolute atomic E-state index is 0.133. The van der Waals surface area contributed by atoms with Crippen LogP contribution in [-0.4, -0.2) is 28.2 Å². The van der Waals surface area contributed by atoms with Gasteiger partial charge in [0.25, 0.3) is 0 Å². The molecule has 3 rings (SSSR count). The highest BCUT2D eigenvalue weighted by molar-refractivity contribution is 5.92. The van der Waals surface area contributed by atoms with E-state index in [-0.39, 0.29) is 17.3 Å². The number of aliphatic hydroxyl groups excluding tert-OH is 2. The van der Waals surface area contributed by atoms with E-state index in [1.165, 1.54) is 38.5 Å². The van der Waals surface area contributed by atoms with E-state index in [9.17, 15) is 15.0 Å². The lowest BCUT2D eigenvalue weighted by atomic mass is 9.47. The number of rotatable bonds is 6. The Hall–Kier alpha value is -0.850. The molecule has 146 valence electrons. The number of Topliss-reactive ketones (excluding diaryl/α,β-unsaturated/α-hetero) is 1. The van der Waals surface area contributed by atoms with Gasteiger partial charge in [-0.2, -0.15) is 0 Å². The maximum absolute atomic E-state index is 12.5. The van der Waals surface area contributed by atoms with E-state index < -0.39 is 12.2 Å². The van der Waals surface area contributed by atoms with Gasteiger partial charge in [-0.3, -0.25) is 4.79 Å². The van der Waals surface area contributed by atoms with Gasteiger partial charge in [-0.05, 0) is 43.9 Å². The molecule has 0 aromatic carbocycles. The summed E-state index contributed by atoms with van der Waals surface area (Å²) in [5, 5.41) is 21.0. The van der Waals surface area contributed by atoms with E-state index in [4.69, 9.17) is 0 Å². The fourth-order valence-corrected chi connectivity index (χ4v) is 5.59. The summed E-state index contributed by atoms with van der Waals surface area (Å²) in [7, 11) is 0. The Morgan fingerprint density at radius 1 is 1.15 bits per heavy atom. The van der Waals surface area contributed by atoms with Crippen molar-refractivity contribution in [2.45, 2.75) is 103 Å². The molecular weight excluding hydrogens is 324 g/mol. The Labute approximate surface area is 158 Å². The van der Waals surface area contributed by atoms with Crippen molar-refractivity contribution < 1.29 is 15.0 Å². The molecule has 0 radical (unpaired) electrons. The topological polar surface area (TPSA) is 57.5 Å². The van der Waals surface area contributed by atoms with Crippen molar-refractivity contribution in [1.29, 1.82) is 0 Å². The Kier molecular flexibility index (Phi) is 6.81. The van der Waals surface area contributed by atoms with Crippen LogP contribution in [0.5, 0.6) is 0 Å². The van der Waals surface area contributed by atoms with E-state index in [1.807, 2.05) is 0 Å². The normalized spacial score (nSPS) is 35.8. The van der Waals surface area contributed by atoms with Crippen molar-refractivity contribution in [3.05, 3.63) is 0 Å². The van der Waals surface area contributed by atoms with Crippen LogP contribution < -0.4 is 0 Å². The molecule has 0 bridgehead atoms. The van der Waals surface area contributed by atoms with Crippen LogP contribution in [0.25, 0.3) is 0 Å². The summed E-state index contributed by atoms with van der Waals surface area (Å²) < 4.78 is 0. The van der Waals surface area contributed by atoms with Crippen molar-refractivity contribution in [2.75, 3.05) is 0 Å². The largest absolute Gasteiger partial charge is 0.392 e. The average molecular weight is 361 g/mol. The molecule has 0 spiro atoms. The van der Waals surface area contributed by atoms with Crippen molar-refractivity contribution >= 4 is 5.78 Å². The van der Waals surface area contributed by atoms with Crippen LogP contribution in [-0.2, 0) is 4.79 Å². The fourth-order valence-electron chi connectivity index (χ4n) is 5.59. The number of carbonyl (C=O) groups is 1. The lowest BCUT2D eigenvalue weighted by Gasteiger charge is -2.55. The molecule has 0 amide bonds. The van der Waals surface area contributed by atoms with Gasteiger partial charge in [-0.15, -0.1) is 0 Å². The molecule has 0 aromatic heterocycles. The Balaban J connectivity index is 1.65. The standard InChI is InChI=1S/C23H36O3/c1-2-3-4-8-14-23-15-13-21(25)18(19(23)16-22(23)26)11-12-20(24)17-9-6-5-7-10-17/h17-21,24-25H,2-10,13-16H2,1H3/t18-,19-,20+,21-,23+/m0/s1. The molecule has 3 heteroatoms. The molecule has 3 fully saturated rings. The molecule has 2 N–H and O–H groups in total. The fraction of sp³-hybridized carbons (Fsp3) is 0.870. The first-order chi connectivity index (χ1) is 12.6. The van der Waals surface area contributed by atoms with Gasteiger partial charge in [-0.25, -0.2) is 0 Å². The molecule has 5 atom stereocenters. The Morgan fingerprint density at radius 2 is 1.92 bits per heavy atom. The minimum atomic E-state index is -0.570. The van der Waals surface area contributed by atoms with Gasteiger partial charge in [0, 0.05) is 11.8 Å². The second-order valence-corrected chi connectivity index (χ2v) is 8.96. The van der Waals surface area contributed by atoms with E-state index in [2.05, 4.69) is 18.8 Å². The van der Waals surface area contributed by atoms with E-state index in [0.29, 0.717) is 24.5 Å². The summed E-state index contributed by atoms with van der Waals surface area (Å²) >= 11 is 0. The van der Waals surface area contributed by atoms with Crippen molar-refractivity contribution in [2.24, 2.45) is 23.2 Å². The zero-order valence-electron chi connectivity index (χ0n) is 16.4. The number of hydrogen-bond donors (Lipinski definition) is 2. The molecule has 3 saturated carbocycles. The third kappa shape index (κ3) is 4.02. The third-order valence-corrected chi connectivity index (χ3v) is 7.38. The molecule has 0 unspecified atom stereocenters. The second-order valence-electron chi connectivity index (χ2n) is 8.96. The zero-order valence-corrected chi connectivity index (χ0v) is 16.4. The zero-order chi connectivity index (χ0) is 18.6. The summed E-state index contributed by atoms with van der Waals surface area (Å²) in [5.74, 6) is 7.08. The molecule has 26 heavy (non-hydrogen) atoms. The van der Waals surface area contributed by atoms with Gasteiger partial charge in [-0.1, -0.05) is 63.7 Å². The highest BCUT2D eigenvalue weighted by atomic mass is 16.3. The second kappa shape index (κ2) is 8.89. The number of unbranched alkanes of at least 4 members (excludes halogenated alkanes) is 3. The predicted octanol–water partition coefficient (Wildman–Crippen LogP) is 4.25. The van der Waals surface area contributed by atoms with Crippen LogP contribution in [0.1, 0.15) is 90.4 Å². The SMILES string of the molecule is CCCCCC[C@@]12CC[C@H](O)[C@@H](C#C[C@@H](O)C3CCCCC3)[C@@H]1CC2=O. The maximum Gasteiger partial charge on any atom is 0.139 e. The van der Waals surface area contributed by atoms with Crippen LogP contribution in [0.2, 0.25) is 0 Å². The molecule has 0 aliphatic heterocycles. The monoisotopic (exact) mass is 360 g/mol. The van der Waals surface area contributed by atoms with Gasteiger partial charge in [0.1, 0.15) is 11.9 Å². The highest BCUT2D eigenvalue weighted by Crippen LogP contribution is 2.57. The van der Waals surface area contributed by atoms with Gasteiger partial charge in [0.05, 0.1) is 12.0 Å². The molecule has 3 aliphatic rings. The average Bonchev–Trinajstić information content (AvgIpc) is 2.66. The Morgan fingerprint density at radius 3 is 2.62 bits per heavy atom. The number of carbonyl (C=O) groups excluding carboxylic acids is 1. The third-order valence-electron chi connectivity index (χ3n) is 7.38. The quantitative estimate of drug-likeness (QED) is 0.550. The predicted molar refractivity (Wildman–Crippen MR) is 103 cm³/mol. The summed E-state index contributed by atoms with van der Waals surface area (Å²) in [6, 6.07) is 0. The molecule has 0 aromatic rings. The summed E-state index contributed by atoms with van der Waals surface area (Å²) in [4.78, 5) is 12.5. The van der Waals surface area contributed by atoms with Gasteiger partial charge in [0.15, 0.2) is 0 Å². The first-order valence-electron chi connectivity index (χ1n) is 11.0. The lowest BCUT2D eigenvalue weighted by Crippen LogP contribution is -2.58. The first kappa shape index (κ1) is 19.9. The van der Waals surface area contributed by atoms with Crippen molar-refractivity contribution in [3.8, 4) is 11.8 Å². The van der Waals surface area contributed by atoms with E-state index in [1.54, 1.807) is 0 Å². The summed E-state index contributed by atoms with van der Waals surface area (Å²) in [6.45, 7) is 2.20. The molecule has 3 aliphatic carbocycles. The van der Waals surface area contributed by atoms with Crippen LogP contribution in [0.3, 0.4) is 0 Å². The van der Waals surface area contributed by atoms with Crippen LogP contribution in [0.15, 0.2) is 0 Å². The molecule has 0 saturated heterocycles. The van der Waals surface area contributed by atoms with Crippen LogP contribution in [0, 0.1) is 35.0 Å². The summed E-state index contributed by atoms with van der Waals surface area (Å²) in [5.41, 5.74) is -0.220. The molecule has 3 nitrogen and oxygen atoms in total. The lowest BCUT2D eigenvalue weighted by molar-refractivity contribution is -0.161. The van der Waals surface area contributed by atoms with Crippen LogP contribution in [0.4, 0.5) is 0 Å². The summed E-state index contributed by atoms with van der Waals surface area (Å²) in [6.07, 6.45) is 12.5. The highest BCUT2D eigenvalue weighted by Gasteiger charge is 2.59. The Bertz CT molecular complexity index is 539. The maximum atomic E-state index is 12.5. The number of hydrogen-bond acceptors (Lipinski definition) is 3. The number of aliphatic hydroxyl groups is 2. The first-order valence-corrected chi connectivity index (χ1v) is 11.0. The van der Waals surface area contributed by atoms with Gasteiger partial charge < -0.3 is 10.2 Å². The molecular formula is C23H36O3.